The van der Waals surface area contributed by atoms with Gasteiger partial charge in [0.25, 0.3) is 6.71 Å². The number of anilines is 5. The molecule has 0 unspecified atom stereocenters. The van der Waals surface area contributed by atoms with Crippen molar-refractivity contribution in [2.75, 3.05) is 16.3 Å². The molecule has 0 atom stereocenters. The normalized spacial score (nSPS) is 20.4. The van der Waals surface area contributed by atoms with Crippen LogP contribution in [0, 0.1) is 0 Å². The Morgan fingerprint density at radius 3 is 1.64 bits per heavy atom. The van der Waals surface area contributed by atoms with Crippen LogP contribution >= 0.6 is 11.3 Å². The van der Waals surface area contributed by atoms with Crippen molar-refractivity contribution >= 4 is 72.3 Å². The largest absolute Gasteiger partial charge is 0.342 e. The van der Waals surface area contributed by atoms with Crippen LogP contribution in [0.1, 0.15) is 194 Å². The van der Waals surface area contributed by atoms with Gasteiger partial charge >= 0.3 is 0 Å². The predicted octanol–water partition coefficient (Wildman–Crippen LogP) is 18.6. The van der Waals surface area contributed by atoms with Crippen LogP contribution in [0.3, 0.4) is 0 Å². The van der Waals surface area contributed by atoms with E-state index in [4.69, 9.17) is 4.11 Å². The molecule has 5 aliphatic rings. The standard InChI is InChI=1S/C74H83BN2S/c1-68(2,3)50-26-28-51(29-27-50)77-63-40-49(46-22-18-16-19-23-46)39-62-65(63)75(67-66(77)53-42-56-59(45-64(53)78-67)74(14,15)36-33-71(56,8)9)60-43-57-58(73(12,13)35-34-72(57,10)11)44-61(60)76(62)37-30-48-38-54-55(70(6,7)32-31-69(54,4)5)41-52(48)47-24-20-17-21-25-47/h16-29,38-45H,30-37H2,1-15H3/i16D,18D,19D,22D,23D. The van der Waals surface area contributed by atoms with Gasteiger partial charge in [0.05, 0.1) is 12.5 Å². The van der Waals surface area contributed by atoms with Crippen molar-refractivity contribution in [1.29, 1.82) is 0 Å². The quantitative estimate of drug-likeness (QED) is 0.153. The highest BCUT2D eigenvalue weighted by atomic mass is 32.1. The monoisotopic (exact) mass is 1050 g/mol. The average molecular weight is 1050 g/mol. The Bertz CT molecular complexity index is 4010. The van der Waals surface area contributed by atoms with Crippen LogP contribution in [0.4, 0.5) is 28.4 Å². The fourth-order valence-corrected chi connectivity index (χ4v) is 16.2. The van der Waals surface area contributed by atoms with E-state index in [0.29, 0.717) is 12.1 Å². The van der Waals surface area contributed by atoms with Crippen molar-refractivity contribution in [2.24, 2.45) is 0 Å². The first kappa shape index (κ1) is 46.0. The molecule has 1 aromatic heterocycles. The zero-order valence-electron chi connectivity index (χ0n) is 54.4. The first-order chi connectivity index (χ1) is 38.8. The van der Waals surface area contributed by atoms with Crippen molar-refractivity contribution in [3.8, 4) is 22.3 Å². The summed E-state index contributed by atoms with van der Waals surface area (Å²) < 4.78 is 48.9. The molecule has 2 aliphatic heterocycles. The molecule has 2 nitrogen and oxygen atoms in total. The van der Waals surface area contributed by atoms with Crippen molar-refractivity contribution in [1.82, 2.24) is 0 Å². The molecule has 0 spiro atoms. The van der Waals surface area contributed by atoms with Crippen molar-refractivity contribution in [3.05, 3.63) is 178 Å². The van der Waals surface area contributed by atoms with E-state index in [1.807, 2.05) is 11.3 Å². The number of hydrogen-bond acceptors (Lipinski definition) is 3. The molecule has 0 N–H and O–H groups in total. The van der Waals surface area contributed by atoms with Gasteiger partial charge in [-0.05, 0) is 203 Å². The second kappa shape index (κ2) is 17.3. The van der Waals surface area contributed by atoms with Gasteiger partial charge in [0, 0.05) is 44.2 Å². The van der Waals surface area contributed by atoms with Crippen LogP contribution in [0.2, 0.25) is 0 Å². The Morgan fingerprint density at radius 1 is 0.526 bits per heavy atom. The van der Waals surface area contributed by atoms with E-state index in [1.54, 1.807) is 0 Å². The van der Waals surface area contributed by atoms with E-state index in [1.165, 1.54) is 92.8 Å². The Labute approximate surface area is 479 Å². The summed E-state index contributed by atoms with van der Waals surface area (Å²) in [5.41, 5.74) is 22.3. The van der Waals surface area contributed by atoms with Gasteiger partial charge in [-0.3, -0.25) is 0 Å². The minimum atomic E-state index is -0.385. The zero-order chi connectivity index (χ0) is 59.2. The molecule has 7 aromatic carbocycles. The summed E-state index contributed by atoms with van der Waals surface area (Å²) in [4.78, 5) is 5.12. The van der Waals surface area contributed by atoms with Crippen LogP contribution in [0.15, 0.2) is 133 Å². The summed E-state index contributed by atoms with van der Waals surface area (Å²) >= 11 is 1.96. The molecule has 0 radical (unpaired) electrons. The topological polar surface area (TPSA) is 6.48 Å². The molecular weight excluding hydrogens is 960 g/mol. The van der Waals surface area contributed by atoms with Gasteiger partial charge in [-0.1, -0.05) is 195 Å². The third-order valence-corrected chi connectivity index (χ3v) is 21.5. The fraction of sp³-hybridized carbons (Fsp3) is 0.405. The van der Waals surface area contributed by atoms with Crippen molar-refractivity contribution < 1.29 is 6.85 Å². The summed E-state index contributed by atoms with van der Waals surface area (Å²) in [6.45, 7) is 36.5. The molecule has 3 aliphatic carbocycles. The number of thiophene rings is 1. The van der Waals surface area contributed by atoms with Gasteiger partial charge in [0.1, 0.15) is 0 Å². The van der Waals surface area contributed by atoms with E-state index >= 15 is 0 Å². The first-order valence-corrected chi connectivity index (χ1v) is 30.1. The minimum Gasteiger partial charge on any atom is -0.342 e. The van der Waals surface area contributed by atoms with Crippen molar-refractivity contribution in [3.63, 3.8) is 0 Å². The van der Waals surface area contributed by atoms with E-state index in [9.17, 15) is 2.74 Å². The molecule has 0 amide bonds. The lowest BCUT2D eigenvalue weighted by atomic mass is 9.35. The Hall–Kier alpha value is -5.84. The Kier molecular flexibility index (Phi) is 10.2. The lowest BCUT2D eigenvalue weighted by Gasteiger charge is -2.47. The number of benzene rings is 7. The molecule has 0 saturated heterocycles. The molecule has 3 heterocycles. The maximum Gasteiger partial charge on any atom is 0.264 e. The van der Waals surface area contributed by atoms with Crippen LogP contribution in [-0.2, 0) is 44.3 Å². The highest BCUT2D eigenvalue weighted by Gasteiger charge is 2.49. The maximum absolute atomic E-state index is 9.64. The van der Waals surface area contributed by atoms with Gasteiger partial charge in [0.15, 0.2) is 0 Å². The fourth-order valence-electron chi connectivity index (χ4n) is 14.8. The van der Waals surface area contributed by atoms with Crippen LogP contribution in [0.25, 0.3) is 32.3 Å². The molecule has 0 fully saturated rings. The summed E-state index contributed by atoms with van der Waals surface area (Å²) in [7, 11) is 0. The molecule has 4 heteroatoms. The van der Waals surface area contributed by atoms with E-state index < -0.39 is 0 Å². The second-order valence-corrected chi connectivity index (χ2v) is 30.4. The smallest absolute Gasteiger partial charge is 0.264 e. The van der Waals surface area contributed by atoms with Gasteiger partial charge in [-0.2, -0.15) is 0 Å². The summed E-state index contributed by atoms with van der Waals surface area (Å²) in [6.07, 6.45) is 7.42. The van der Waals surface area contributed by atoms with Crippen molar-refractivity contribution in [2.45, 2.75) is 187 Å². The Morgan fingerprint density at radius 2 is 1.05 bits per heavy atom. The molecule has 13 rings (SSSR count). The predicted molar refractivity (Wildman–Crippen MR) is 340 cm³/mol. The summed E-state index contributed by atoms with van der Waals surface area (Å²) in [6, 6.07) is 38.6. The number of fused-ring (bicyclic) bond motifs is 9. The first-order valence-electron chi connectivity index (χ1n) is 31.8. The molecule has 398 valence electrons. The van der Waals surface area contributed by atoms with E-state index in [2.05, 4.69) is 217 Å². The van der Waals surface area contributed by atoms with E-state index in [0.717, 1.165) is 62.0 Å². The molecule has 78 heavy (non-hydrogen) atoms. The highest BCUT2D eigenvalue weighted by Crippen LogP contribution is 2.55. The third-order valence-electron chi connectivity index (χ3n) is 20.3. The van der Waals surface area contributed by atoms with Crippen LogP contribution in [0.5, 0.6) is 0 Å². The second-order valence-electron chi connectivity index (χ2n) is 29.3. The van der Waals surface area contributed by atoms with Gasteiger partial charge < -0.3 is 9.80 Å². The number of nitrogens with zero attached hydrogens (tertiary/aromatic N) is 2. The molecule has 0 bridgehead atoms. The number of hydrogen-bond donors (Lipinski definition) is 0. The molecular formula is C74H83BN2S. The minimum absolute atomic E-state index is 0.00976. The van der Waals surface area contributed by atoms with Gasteiger partial charge in [-0.25, -0.2) is 0 Å². The third kappa shape index (κ3) is 8.05. The summed E-state index contributed by atoms with van der Waals surface area (Å²) in [5.74, 6) is 0. The molecule has 8 aromatic rings. The number of rotatable bonds is 6. The zero-order valence-corrected chi connectivity index (χ0v) is 50.2. The van der Waals surface area contributed by atoms with Gasteiger partial charge in [0.2, 0.25) is 0 Å². The Balaban J connectivity index is 1.15. The summed E-state index contributed by atoms with van der Waals surface area (Å²) in [5, 5.41) is 1.24. The lowest BCUT2D eigenvalue weighted by molar-refractivity contribution is 0.331. The lowest BCUT2D eigenvalue weighted by Crippen LogP contribution is -2.61. The van der Waals surface area contributed by atoms with Crippen LogP contribution in [-0.4, -0.2) is 13.3 Å². The highest BCUT2D eigenvalue weighted by molar-refractivity contribution is 7.33. The SMILES string of the molecule is [2H]c1c([2H])c([2H])c(-c2cc3c4c(c2)N(c2ccc(C(C)(C)C)cc2)c2c(sc5cc6c(cc25)C(C)(C)CCC6(C)C)B4c2cc4c(cc2N3CCc2cc3c(cc2-c2ccccc2)C(C)(C)CCC3(C)C)C(C)(C)CCC4(C)C)c([2H])c1[2H]. The van der Waals surface area contributed by atoms with Crippen LogP contribution < -0.4 is 25.5 Å². The molecule has 0 saturated carbocycles. The average Bonchev–Trinajstić information content (AvgIpc) is 1.82. The van der Waals surface area contributed by atoms with E-state index in [-0.39, 0.29) is 80.4 Å². The maximum atomic E-state index is 9.64. The van der Waals surface area contributed by atoms with Gasteiger partial charge in [-0.15, -0.1) is 11.3 Å².